The second-order valence-electron chi connectivity index (χ2n) is 5.15. The molecule has 0 aromatic heterocycles. The van der Waals surface area contributed by atoms with Gasteiger partial charge in [0.1, 0.15) is 11.9 Å². The number of rotatable bonds is 4. The van der Waals surface area contributed by atoms with Gasteiger partial charge in [0.05, 0.1) is 5.69 Å². The Balaban J connectivity index is 2.04. The van der Waals surface area contributed by atoms with Crippen LogP contribution in [0.25, 0.3) is 0 Å². The highest BCUT2D eigenvalue weighted by Crippen LogP contribution is 2.18. The fourth-order valence-corrected chi connectivity index (χ4v) is 2.08. The molecule has 21 heavy (non-hydrogen) atoms. The van der Waals surface area contributed by atoms with E-state index < -0.39 is 11.9 Å². The summed E-state index contributed by atoms with van der Waals surface area (Å²) in [4.78, 5) is 12.1. The molecule has 2 N–H and O–H groups in total. The molecule has 0 aliphatic rings. The summed E-state index contributed by atoms with van der Waals surface area (Å²) in [5, 5.41) is 5.73. The maximum Gasteiger partial charge on any atom is 0.246 e. The monoisotopic (exact) mass is 286 g/mol. The molecule has 1 amide bonds. The van der Waals surface area contributed by atoms with Crippen molar-refractivity contribution >= 4 is 17.3 Å². The van der Waals surface area contributed by atoms with Crippen LogP contribution >= 0.6 is 0 Å². The number of nitrogens with one attached hydrogen (secondary N) is 2. The molecule has 2 rings (SSSR count). The van der Waals surface area contributed by atoms with Gasteiger partial charge in [0.15, 0.2) is 0 Å². The maximum absolute atomic E-state index is 13.5. The highest BCUT2D eigenvalue weighted by molar-refractivity contribution is 5.96. The Hall–Kier alpha value is -2.36. The molecular weight excluding hydrogens is 267 g/mol. The highest BCUT2D eigenvalue weighted by Gasteiger charge is 2.15. The summed E-state index contributed by atoms with van der Waals surface area (Å²) in [5.74, 6) is -0.718. The molecule has 2 aromatic rings. The molecule has 0 heterocycles. The number of amides is 1. The molecule has 0 spiro atoms. The Kier molecular flexibility index (Phi) is 4.58. The number of hydrogen-bond donors (Lipinski definition) is 2. The minimum absolute atomic E-state index is 0.191. The van der Waals surface area contributed by atoms with Crippen molar-refractivity contribution in [3.63, 3.8) is 0 Å². The van der Waals surface area contributed by atoms with E-state index in [0.717, 1.165) is 11.3 Å². The number of benzene rings is 2. The minimum Gasteiger partial charge on any atom is -0.374 e. The van der Waals surface area contributed by atoms with Crippen LogP contribution in [-0.4, -0.2) is 11.9 Å². The standard InChI is InChI=1S/C17H19FN2O/c1-11-8-9-15(12(2)10-11)19-13(3)17(21)20-16-7-5-4-6-14(16)18/h4-10,13,19H,1-3H3,(H,20,21). The number of hydrogen-bond acceptors (Lipinski definition) is 2. The van der Waals surface area contributed by atoms with Crippen molar-refractivity contribution in [2.45, 2.75) is 26.8 Å². The normalized spacial score (nSPS) is 11.8. The first-order chi connectivity index (χ1) is 9.97. The zero-order chi connectivity index (χ0) is 15.4. The molecule has 1 atom stereocenters. The van der Waals surface area contributed by atoms with Gasteiger partial charge in [-0.25, -0.2) is 4.39 Å². The van der Waals surface area contributed by atoms with Crippen LogP contribution in [0.5, 0.6) is 0 Å². The van der Waals surface area contributed by atoms with Gasteiger partial charge < -0.3 is 10.6 Å². The number of para-hydroxylation sites is 1. The van der Waals surface area contributed by atoms with Crippen molar-refractivity contribution in [2.75, 3.05) is 10.6 Å². The predicted octanol–water partition coefficient (Wildman–Crippen LogP) is 3.88. The van der Waals surface area contributed by atoms with Crippen LogP contribution in [0, 0.1) is 19.7 Å². The summed E-state index contributed by atoms with van der Waals surface area (Å²) in [6.07, 6.45) is 0. The molecule has 0 aliphatic carbocycles. The quantitative estimate of drug-likeness (QED) is 0.895. The number of carbonyl (C=O) groups is 1. The van der Waals surface area contributed by atoms with Crippen molar-refractivity contribution in [1.82, 2.24) is 0 Å². The van der Waals surface area contributed by atoms with E-state index >= 15 is 0 Å². The van der Waals surface area contributed by atoms with E-state index in [2.05, 4.69) is 10.6 Å². The van der Waals surface area contributed by atoms with Gasteiger partial charge in [0, 0.05) is 5.69 Å². The number of anilines is 2. The summed E-state index contributed by atoms with van der Waals surface area (Å²) in [5.41, 5.74) is 3.33. The van der Waals surface area contributed by atoms with Crippen LogP contribution in [-0.2, 0) is 4.79 Å². The van der Waals surface area contributed by atoms with Crippen molar-refractivity contribution in [2.24, 2.45) is 0 Å². The molecule has 110 valence electrons. The predicted molar refractivity (Wildman–Crippen MR) is 84.0 cm³/mol. The summed E-state index contributed by atoms with van der Waals surface area (Å²) in [7, 11) is 0. The Morgan fingerprint density at radius 2 is 1.81 bits per heavy atom. The molecule has 0 bridgehead atoms. The van der Waals surface area contributed by atoms with E-state index in [0.29, 0.717) is 0 Å². The molecular formula is C17H19FN2O. The third-order valence-electron chi connectivity index (χ3n) is 3.28. The second kappa shape index (κ2) is 6.39. The molecule has 4 heteroatoms. The lowest BCUT2D eigenvalue weighted by Gasteiger charge is -2.17. The molecule has 0 saturated heterocycles. The first kappa shape index (κ1) is 15.0. The Labute approximate surface area is 124 Å². The molecule has 0 saturated carbocycles. The zero-order valence-corrected chi connectivity index (χ0v) is 12.4. The van der Waals surface area contributed by atoms with Gasteiger partial charge >= 0.3 is 0 Å². The smallest absolute Gasteiger partial charge is 0.246 e. The van der Waals surface area contributed by atoms with E-state index in [4.69, 9.17) is 0 Å². The summed E-state index contributed by atoms with van der Waals surface area (Å²) in [6.45, 7) is 5.75. The van der Waals surface area contributed by atoms with Crippen molar-refractivity contribution in [3.05, 3.63) is 59.4 Å². The van der Waals surface area contributed by atoms with E-state index in [-0.39, 0.29) is 11.6 Å². The molecule has 0 fully saturated rings. The molecule has 1 unspecified atom stereocenters. The lowest BCUT2D eigenvalue weighted by molar-refractivity contribution is -0.116. The molecule has 0 aliphatic heterocycles. The molecule has 3 nitrogen and oxygen atoms in total. The largest absolute Gasteiger partial charge is 0.374 e. The van der Waals surface area contributed by atoms with Crippen molar-refractivity contribution < 1.29 is 9.18 Å². The van der Waals surface area contributed by atoms with Gasteiger partial charge in [-0.15, -0.1) is 0 Å². The van der Waals surface area contributed by atoms with Gasteiger partial charge in [0.25, 0.3) is 0 Å². The number of halogens is 1. The third kappa shape index (κ3) is 3.81. The minimum atomic E-state index is -0.467. The summed E-state index contributed by atoms with van der Waals surface area (Å²) >= 11 is 0. The number of aryl methyl sites for hydroxylation is 2. The fourth-order valence-electron chi connectivity index (χ4n) is 2.08. The van der Waals surface area contributed by atoms with Crippen LogP contribution in [0.2, 0.25) is 0 Å². The van der Waals surface area contributed by atoms with E-state index in [1.807, 2.05) is 32.0 Å². The van der Waals surface area contributed by atoms with Crippen LogP contribution in [0.1, 0.15) is 18.1 Å². The Morgan fingerprint density at radius 1 is 1.10 bits per heavy atom. The molecule has 0 radical (unpaired) electrons. The Morgan fingerprint density at radius 3 is 2.48 bits per heavy atom. The SMILES string of the molecule is Cc1ccc(NC(C)C(=O)Nc2ccccc2F)c(C)c1. The molecule has 2 aromatic carbocycles. The lowest BCUT2D eigenvalue weighted by Crippen LogP contribution is -2.32. The van der Waals surface area contributed by atoms with Gasteiger partial charge in [-0.05, 0) is 44.5 Å². The van der Waals surface area contributed by atoms with E-state index in [1.165, 1.54) is 17.7 Å². The number of carbonyl (C=O) groups excluding carboxylic acids is 1. The van der Waals surface area contributed by atoms with E-state index in [1.54, 1.807) is 19.1 Å². The van der Waals surface area contributed by atoms with Gasteiger partial charge in [-0.3, -0.25) is 4.79 Å². The first-order valence-corrected chi connectivity index (χ1v) is 6.86. The zero-order valence-electron chi connectivity index (χ0n) is 12.4. The fraction of sp³-hybridized carbons (Fsp3) is 0.235. The van der Waals surface area contributed by atoms with Crippen LogP contribution in [0.15, 0.2) is 42.5 Å². The van der Waals surface area contributed by atoms with Crippen LogP contribution < -0.4 is 10.6 Å². The van der Waals surface area contributed by atoms with Crippen molar-refractivity contribution in [3.8, 4) is 0 Å². The van der Waals surface area contributed by atoms with Gasteiger partial charge in [-0.2, -0.15) is 0 Å². The average Bonchev–Trinajstić information content (AvgIpc) is 2.44. The second-order valence-corrected chi connectivity index (χ2v) is 5.15. The lowest BCUT2D eigenvalue weighted by atomic mass is 10.1. The van der Waals surface area contributed by atoms with Crippen molar-refractivity contribution in [1.29, 1.82) is 0 Å². The summed E-state index contributed by atoms with van der Waals surface area (Å²) in [6, 6.07) is 11.6. The average molecular weight is 286 g/mol. The van der Waals surface area contributed by atoms with Gasteiger partial charge in [-0.1, -0.05) is 29.8 Å². The third-order valence-corrected chi connectivity index (χ3v) is 3.28. The van der Waals surface area contributed by atoms with Crippen LogP contribution in [0.4, 0.5) is 15.8 Å². The topological polar surface area (TPSA) is 41.1 Å². The van der Waals surface area contributed by atoms with E-state index in [9.17, 15) is 9.18 Å². The Bertz CT molecular complexity index is 655. The maximum atomic E-state index is 13.5. The van der Waals surface area contributed by atoms with Crippen LogP contribution in [0.3, 0.4) is 0 Å². The van der Waals surface area contributed by atoms with Gasteiger partial charge in [0.2, 0.25) is 5.91 Å². The summed E-state index contributed by atoms with van der Waals surface area (Å²) < 4.78 is 13.5. The highest BCUT2D eigenvalue weighted by atomic mass is 19.1. The first-order valence-electron chi connectivity index (χ1n) is 6.86.